The molecule has 132 valence electrons. The number of ether oxygens (including phenoxy) is 2. The largest absolute Gasteiger partial charge is 0.484 e. The maximum absolute atomic E-state index is 13.5. The van der Waals surface area contributed by atoms with Crippen molar-refractivity contribution < 1.29 is 23.5 Å². The summed E-state index contributed by atoms with van der Waals surface area (Å²) < 4.78 is 23.6. The highest BCUT2D eigenvalue weighted by Crippen LogP contribution is 2.16. The fraction of sp³-hybridized carbons (Fsp3) is 0.312. The van der Waals surface area contributed by atoms with Crippen LogP contribution in [0.3, 0.4) is 0 Å². The standard InChI is InChI=1S/C16H17FN4O4/c17-12-3-1-2-4-14(12)25-10-11-9-13(20-19-11)15(22)18-5-6-21-7-8-24-16(21)23/h1-4,9H,5-8,10H2,(H,18,22)(H,19,20). The highest BCUT2D eigenvalue weighted by Gasteiger charge is 2.21. The van der Waals surface area contributed by atoms with Gasteiger partial charge in [0.1, 0.15) is 18.9 Å². The van der Waals surface area contributed by atoms with Crippen LogP contribution in [0.2, 0.25) is 0 Å². The van der Waals surface area contributed by atoms with Crippen molar-refractivity contribution in [2.45, 2.75) is 6.61 Å². The Morgan fingerprint density at radius 1 is 1.44 bits per heavy atom. The van der Waals surface area contributed by atoms with Crippen molar-refractivity contribution in [1.29, 1.82) is 0 Å². The molecular weight excluding hydrogens is 331 g/mol. The average molecular weight is 348 g/mol. The summed E-state index contributed by atoms with van der Waals surface area (Å²) in [6.07, 6.45) is -0.374. The van der Waals surface area contributed by atoms with Crippen LogP contribution in [0.4, 0.5) is 9.18 Å². The third-order valence-electron chi connectivity index (χ3n) is 3.60. The van der Waals surface area contributed by atoms with E-state index in [9.17, 15) is 14.0 Å². The molecule has 0 bridgehead atoms. The lowest BCUT2D eigenvalue weighted by molar-refractivity contribution is 0.0944. The number of benzene rings is 1. The molecule has 2 amide bonds. The molecule has 0 saturated carbocycles. The van der Waals surface area contributed by atoms with E-state index in [2.05, 4.69) is 15.5 Å². The number of nitrogens with zero attached hydrogens (tertiary/aromatic N) is 2. The first kappa shape index (κ1) is 16.7. The molecule has 2 N–H and O–H groups in total. The summed E-state index contributed by atoms with van der Waals surface area (Å²) in [7, 11) is 0. The number of carbonyl (C=O) groups is 2. The van der Waals surface area contributed by atoms with Crippen molar-refractivity contribution in [3.63, 3.8) is 0 Å². The molecule has 1 fully saturated rings. The van der Waals surface area contributed by atoms with E-state index in [1.807, 2.05) is 0 Å². The third-order valence-corrected chi connectivity index (χ3v) is 3.60. The number of hydrogen-bond donors (Lipinski definition) is 2. The number of H-pyrrole nitrogens is 1. The second-order valence-electron chi connectivity index (χ2n) is 5.35. The number of cyclic esters (lactones) is 1. The van der Waals surface area contributed by atoms with Crippen molar-refractivity contribution in [1.82, 2.24) is 20.4 Å². The van der Waals surface area contributed by atoms with E-state index in [0.29, 0.717) is 31.9 Å². The molecule has 1 aliphatic heterocycles. The summed E-state index contributed by atoms with van der Waals surface area (Å²) in [5.74, 6) is -0.707. The topological polar surface area (TPSA) is 96.5 Å². The third kappa shape index (κ3) is 4.25. The Bertz CT molecular complexity index is 764. The number of rotatable bonds is 7. The molecule has 0 spiro atoms. The first-order chi connectivity index (χ1) is 12.1. The summed E-state index contributed by atoms with van der Waals surface area (Å²) >= 11 is 0. The predicted molar refractivity (Wildman–Crippen MR) is 84.6 cm³/mol. The van der Waals surface area contributed by atoms with Gasteiger partial charge >= 0.3 is 6.09 Å². The number of halogens is 1. The molecule has 2 aromatic rings. The van der Waals surface area contributed by atoms with Crippen LogP contribution in [0.5, 0.6) is 5.75 Å². The van der Waals surface area contributed by atoms with E-state index in [-0.39, 0.29) is 30.1 Å². The maximum atomic E-state index is 13.5. The Kier molecular flexibility index (Phi) is 5.12. The van der Waals surface area contributed by atoms with Gasteiger partial charge in [-0.2, -0.15) is 5.10 Å². The van der Waals surface area contributed by atoms with Gasteiger partial charge in [0.15, 0.2) is 11.6 Å². The Balaban J connectivity index is 1.46. The van der Waals surface area contributed by atoms with Crippen molar-refractivity contribution in [3.05, 3.63) is 47.5 Å². The molecule has 0 atom stereocenters. The summed E-state index contributed by atoms with van der Waals surface area (Å²) in [4.78, 5) is 24.8. The first-order valence-electron chi connectivity index (χ1n) is 7.75. The Morgan fingerprint density at radius 2 is 2.28 bits per heavy atom. The van der Waals surface area contributed by atoms with Crippen LogP contribution in [-0.4, -0.2) is 53.3 Å². The van der Waals surface area contributed by atoms with E-state index >= 15 is 0 Å². The summed E-state index contributed by atoms with van der Waals surface area (Å²) in [6.45, 7) is 1.62. The zero-order valence-corrected chi connectivity index (χ0v) is 13.3. The smallest absolute Gasteiger partial charge is 0.409 e. The molecule has 1 saturated heterocycles. The number of amides is 2. The van der Waals surface area contributed by atoms with Crippen molar-refractivity contribution in [2.75, 3.05) is 26.2 Å². The normalized spacial score (nSPS) is 13.6. The zero-order chi connectivity index (χ0) is 17.6. The average Bonchev–Trinajstić information content (AvgIpc) is 3.24. The van der Waals surface area contributed by atoms with Gasteiger partial charge in [-0.1, -0.05) is 12.1 Å². The van der Waals surface area contributed by atoms with Crippen molar-refractivity contribution in [2.24, 2.45) is 0 Å². The molecule has 0 aliphatic carbocycles. The van der Waals surface area contributed by atoms with Crippen molar-refractivity contribution >= 4 is 12.0 Å². The molecule has 0 unspecified atom stereocenters. The molecule has 1 aromatic carbocycles. The number of hydrogen-bond acceptors (Lipinski definition) is 5. The number of aromatic amines is 1. The lowest BCUT2D eigenvalue weighted by Crippen LogP contribution is -2.35. The summed E-state index contributed by atoms with van der Waals surface area (Å²) in [5, 5.41) is 9.24. The van der Waals surface area contributed by atoms with Gasteiger partial charge in [-0.15, -0.1) is 0 Å². The fourth-order valence-corrected chi connectivity index (χ4v) is 2.29. The monoisotopic (exact) mass is 348 g/mol. The zero-order valence-electron chi connectivity index (χ0n) is 13.3. The molecule has 3 rings (SSSR count). The van der Waals surface area contributed by atoms with Gasteiger partial charge in [0.05, 0.1) is 12.2 Å². The van der Waals surface area contributed by atoms with Gasteiger partial charge in [-0.3, -0.25) is 9.89 Å². The number of nitrogens with one attached hydrogen (secondary N) is 2. The maximum Gasteiger partial charge on any atom is 0.409 e. The summed E-state index contributed by atoms with van der Waals surface area (Å²) in [5.41, 5.74) is 0.729. The minimum Gasteiger partial charge on any atom is -0.484 e. The van der Waals surface area contributed by atoms with Gasteiger partial charge in [-0.05, 0) is 18.2 Å². The Labute approximate surface area is 142 Å². The molecule has 9 heteroatoms. The molecule has 1 aliphatic rings. The number of carbonyl (C=O) groups excluding carboxylic acids is 2. The van der Waals surface area contributed by atoms with Crippen LogP contribution >= 0.6 is 0 Å². The first-order valence-corrected chi connectivity index (χ1v) is 7.75. The second kappa shape index (κ2) is 7.65. The van der Waals surface area contributed by atoms with Crippen LogP contribution in [0, 0.1) is 5.82 Å². The molecule has 25 heavy (non-hydrogen) atoms. The van der Waals surface area contributed by atoms with Crippen LogP contribution in [0.1, 0.15) is 16.2 Å². The number of aromatic nitrogens is 2. The predicted octanol–water partition coefficient (Wildman–Crippen LogP) is 1.31. The lowest BCUT2D eigenvalue weighted by atomic mass is 10.3. The van der Waals surface area contributed by atoms with Gasteiger partial charge < -0.3 is 19.7 Å². The van der Waals surface area contributed by atoms with Crippen LogP contribution in [-0.2, 0) is 11.3 Å². The molecule has 1 aromatic heterocycles. The Hall–Kier alpha value is -3.10. The lowest BCUT2D eigenvalue weighted by Gasteiger charge is -2.12. The van der Waals surface area contributed by atoms with Gasteiger partial charge in [0.25, 0.3) is 5.91 Å². The SMILES string of the molecule is O=C(NCCN1CCOC1=O)c1cc(COc2ccccc2F)[nH]n1. The minimum absolute atomic E-state index is 0.0564. The molecule has 8 nitrogen and oxygen atoms in total. The summed E-state index contributed by atoms with van der Waals surface area (Å²) in [6, 6.07) is 7.59. The fourth-order valence-electron chi connectivity index (χ4n) is 2.29. The molecule has 2 heterocycles. The quantitative estimate of drug-likeness (QED) is 0.786. The van der Waals surface area contributed by atoms with Gasteiger partial charge in [0.2, 0.25) is 0 Å². The van der Waals surface area contributed by atoms with Crippen LogP contribution < -0.4 is 10.1 Å². The van der Waals surface area contributed by atoms with E-state index in [0.717, 1.165) is 0 Å². The van der Waals surface area contributed by atoms with Crippen molar-refractivity contribution in [3.8, 4) is 5.75 Å². The highest BCUT2D eigenvalue weighted by atomic mass is 19.1. The minimum atomic E-state index is -0.458. The van der Waals surface area contributed by atoms with Crippen LogP contribution in [0.25, 0.3) is 0 Å². The number of para-hydroxylation sites is 1. The van der Waals surface area contributed by atoms with E-state index in [1.165, 1.54) is 23.1 Å². The van der Waals surface area contributed by atoms with Gasteiger partial charge in [0, 0.05) is 13.1 Å². The second-order valence-corrected chi connectivity index (χ2v) is 5.35. The van der Waals surface area contributed by atoms with E-state index in [4.69, 9.17) is 9.47 Å². The molecular formula is C16H17FN4O4. The Morgan fingerprint density at radius 3 is 3.04 bits per heavy atom. The highest BCUT2D eigenvalue weighted by molar-refractivity contribution is 5.92. The van der Waals surface area contributed by atoms with Gasteiger partial charge in [-0.25, -0.2) is 9.18 Å². The molecule has 0 radical (unpaired) electrons. The van der Waals surface area contributed by atoms with E-state index in [1.54, 1.807) is 12.1 Å². The van der Waals surface area contributed by atoms with E-state index < -0.39 is 5.82 Å². The van der Waals surface area contributed by atoms with Crippen LogP contribution in [0.15, 0.2) is 30.3 Å².